The molecular formula is C18H23N. The molecule has 0 bridgehead atoms. The Morgan fingerprint density at radius 2 is 1.37 bits per heavy atom. The fourth-order valence-corrected chi connectivity index (χ4v) is 1.86. The van der Waals surface area contributed by atoms with Crippen LogP contribution in [0.25, 0.3) is 11.1 Å². The van der Waals surface area contributed by atoms with E-state index in [0.29, 0.717) is 0 Å². The number of rotatable bonds is 3. The van der Waals surface area contributed by atoms with Gasteiger partial charge in [-0.2, -0.15) is 0 Å². The van der Waals surface area contributed by atoms with E-state index in [9.17, 15) is 0 Å². The van der Waals surface area contributed by atoms with Crippen molar-refractivity contribution in [2.45, 2.75) is 27.7 Å². The van der Waals surface area contributed by atoms with E-state index < -0.39 is 0 Å². The summed E-state index contributed by atoms with van der Waals surface area (Å²) >= 11 is 0. The van der Waals surface area contributed by atoms with E-state index in [4.69, 9.17) is 0 Å². The highest BCUT2D eigenvalue weighted by Gasteiger charge is 1.99. The molecule has 0 radical (unpaired) electrons. The van der Waals surface area contributed by atoms with E-state index in [2.05, 4.69) is 67.4 Å². The van der Waals surface area contributed by atoms with Crippen molar-refractivity contribution in [1.82, 2.24) is 0 Å². The second-order valence-corrected chi connectivity index (χ2v) is 4.00. The molecule has 0 atom stereocenters. The average Bonchev–Trinajstić information content (AvgIpc) is 2.51. The predicted molar refractivity (Wildman–Crippen MR) is 86.0 cm³/mol. The number of benzene rings is 2. The van der Waals surface area contributed by atoms with Gasteiger partial charge in [0.15, 0.2) is 0 Å². The molecule has 0 unspecified atom stereocenters. The Bertz CT molecular complexity index is 495. The Kier molecular flexibility index (Phi) is 6.59. The minimum absolute atomic E-state index is 0.840. The molecule has 0 amide bonds. The third kappa shape index (κ3) is 4.36. The minimum Gasteiger partial charge on any atom is -0.290 e. The molecule has 0 aliphatic heterocycles. The summed E-state index contributed by atoms with van der Waals surface area (Å²) in [4.78, 5) is 4.41. The van der Waals surface area contributed by atoms with E-state index in [1.54, 1.807) is 0 Å². The van der Waals surface area contributed by atoms with Crippen LogP contribution in [0.5, 0.6) is 0 Å². The first-order chi connectivity index (χ1) is 9.31. The monoisotopic (exact) mass is 253 g/mol. The molecule has 0 spiro atoms. The van der Waals surface area contributed by atoms with Crippen molar-refractivity contribution in [2.24, 2.45) is 4.99 Å². The lowest BCUT2D eigenvalue weighted by molar-refractivity contribution is 1.13. The van der Waals surface area contributed by atoms with Gasteiger partial charge in [-0.25, -0.2) is 0 Å². The van der Waals surface area contributed by atoms with Gasteiger partial charge in [0.1, 0.15) is 0 Å². The molecule has 2 aromatic rings. The maximum Gasteiger partial charge on any atom is 0.0389 e. The predicted octanol–water partition coefficient (Wildman–Crippen LogP) is 5.21. The van der Waals surface area contributed by atoms with Gasteiger partial charge in [0.05, 0.1) is 0 Å². The van der Waals surface area contributed by atoms with Crippen molar-refractivity contribution in [2.75, 3.05) is 6.54 Å². The lowest BCUT2D eigenvalue weighted by Gasteiger charge is -2.04. The second kappa shape index (κ2) is 8.25. The van der Waals surface area contributed by atoms with Crippen LogP contribution in [0.15, 0.2) is 59.6 Å². The maximum absolute atomic E-state index is 4.41. The smallest absolute Gasteiger partial charge is 0.0389 e. The maximum atomic E-state index is 4.41. The standard InChI is InChI=1S/C16H17N.C2H6/c1-3-17-13(2)14-9-11-16(12-10-14)15-7-5-4-6-8-15;1-2/h4-12H,3H2,1-2H3;1-2H3. The number of aliphatic imine (C=N–C) groups is 1. The largest absolute Gasteiger partial charge is 0.290 e. The Morgan fingerprint density at radius 3 is 1.89 bits per heavy atom. The molecule has 0 fully saturated rings. The van der Waals surface area contributed by atoms with Crippen molar-refractivity contribution < 1.29 is 0 Å². The molecule has 2 aromatic carbocycles. The summed E-state index contributed by atoms with van der Waals surface area (Å²) in [6.45, 7) is 8.95. The van der Waals surface area contributed by atoms with Crippen molar-refractivity contribution in [3.8, 4) is 11.1 Å². The van der Waals surface area contributed by atoms with Gasteiger partial charge in [-0.05, 0) is 30.5 Å². The van der Waals surface area contributed by atoms with Crippen molar-refractivity contribution in [3.63, 3.8) is 0 Å². The highest BCUT2D eigenvalue weighted by atomic mass is 14.7. The first-order valence-electron chi connectivity index (χ1n) is 6.98. The van der Waals surface area contributed by atoms with Crippen LogP contribution < -0.4 is 0 Å². The van der Waals surface area contributed by atoms with Crippen LogP contribution in [0.2, 0.25) is 0 Å². The molecule has 0 saturated carbocycles. The SMILES string of the molecule is CC.CCN=C(C)c1ccc(-c2ccccc2)cc1. The van der Waals surface area contributed by atoms with Crippen LogP contribution >= 0.6 is 0 Å². The van der Waals surface area contributed by atoms with E-state index in [1.807, 2.05) is 19.9 Å². The third-order valence-electron chi connectivity index (χ3n) is 2.81. The molecule has 0 aliphatic rings. The Labute approximate surface area is 117 Å². The van der Waals surface area contributed by atoms with Gasteiger partial charge >= 0.3 is 0 Å². The van der Waals surface area contributed by atoms with Crippen LogP contribution in [0.3, 0.4) is 0 Å². The molecule has 100 valence electrons. The third-order valence-corrected chi connectivity index (χ3v) is 2.81. The summed E-state index contributed by atoms with van der Waals surface area (Å²) < 4.78 is 0. The molecule has 0 saturated heterocycles. The normalized spacial score (nSPS) is 10.6. The zero-order valence-electron chi connectivity index (χ0n) is 12.4. The van der Waals surface area contributed by atoms with Gasteiger partial charge in [-0.1, -0.05) is 68.4 Å². The summed E-state index contributed by atoms with van der Waals surface area (Å²) in [7, 11) is 0. The molecule has 0 aliphatic carbocycles. The molecule has 1 heteroatoms. The molecule has 2 rings (SSSR count). The summed E-state index contributed by atoms with van der Waals surface area (Å²) in [5, 5.41) is 0. The van der Waals surface area contributed by atoms with Gasteiger partial charge in [0.25, 0.3) is 0 Å². The van der Waals surface area contributed by atoms with Crippen molar-refractivity contribution in [3.05, 3.63) is 60.2 Å². The summed E-state index contributed by atoms with van der Waals surface area (Å²) in [6, 6.07) is 19.0. The molecular weight excluding hydrogens is 230 g/mol. The van der Waals surface area contributed by atoms with Crippen molar-refractivity contribution in [1.29, 1.82) is 0 Å². The van der Waals surface area contributed by atoms with E-state index >= 15 is 0 Å². The summed E-state index contributed by atoms with van der Waals surface area (Å²) in [5.41, 5.74) is 4.81. The van der Waals surface area contributed by atoms with Gasteiger partial charge < -0.3 is 0 Å². The van der Waals surface area contributed by atoms with Gasteiger partial charge in [0.2, 0.25) is 0 Å². The topological polar surface area (TPSA) is 12.4 Å². The summed E-state index contributed by atoms with van der Waals surface area (Å²) in [6.07, 6.45) is 0. The molecule has 0 heterocycles. The highest BCUT2D eigenvalue weighted by molar-refractivity contribution is 5.99. The van der Waals surface area contributed by atoms with Crippen LogP contribution in [0.1, 0.15) is 33.3 Å². The molecule has 1 nitrogen and oxygen atoms in total. The zero-order valence-corrected chi connectivity index (χ0v) is 12.4. The van der Waals surface area contributed by atoms with E-state index in [1.165, 1.54) is 16.7 Å². The second-order valence-electron chi connectivity index (χ2n) is 4.00. The number of hydrogen-bond acceptors (Lipinski definition) is 1. The van der Waals surface area contributed by atoms with E-state index in [-0.39, 0.29) is 0 Å². The summed E-state index contributed by atoms with van der Waals surface area (Å²) in [5.74, 6) is 0. The Hall–Kier alpha value is -1.89. The van der Waals surface area contributed by atoms with Gasteiger partial charge in [-0.15, -0.1) is 0 Å². The fourth-order valence-electron chi connectivity index (χ4n) is 1.86. The van der Waals surface area contributed by atoms with Crippen LogP contribution in [0.4, 0.5) is 0 Å². The highest BCUT2D eigenvalue weighted by Crippen LogP contribution is 2.19. The quantitative estimate of drug-likeness (QED) is 0.666. The molecule has 0 N–H and O–H groups in total. The average molecular weight is 253 g/mol. The Balaban J connectivity index is 0.000000861. The number of hydrogen-bond donors (Lipinski definition) is 0. The first kappa shape index (κ1) is 15.2. The lowest BCUT2D eigenvalue weighted by Crippen LogP contribution is -1.94. The van der Waals surface area contributed by atoms with Crippen LogP contribution in [-0.2, 0) is 0 Å². The van der Waals surface area contributed by atoms with Crippen LogP contribution in [-0.4, -0.2) is 12.3 Å². The van der Waals surface area contributed by atoms with E-state index in [0.717, 1.165) is 12.3 Å². The lowest BCUT2D eigenvalue weighted by atomic mass is 10.0. The minimum atomic E-state index is 0.840. The number of nitrogens with zero attached hydrogens (tertiary/aromatic N) is 1. The van der Waals surface area contributed by atoms with Gasteiger partial charge in [0, 0.05) is 12.3 Å². The first-order valence-corrected chi connectivity index (χ1v) is 6.98. The molecule has 0 aromatic heterocycles. The fraction of sp³-hybridized carbons (Fsp3) is 0.278. The van der Waals surface area contributed by atoms with Crippen LogP contribution in [0, 0.1) is 0 Å². The Morgan fingerprint density at radius 1 is 0.842 bits per heavy atom. The van der Waals surface area contributed by atoms with Gasteiger partial charge in [-0.3, -0.25) is 4.99 Å². The van der Waals surface area contributed by atoms with Crippen molar-refractivity contribution >= 4 is 5.71 Å². The molecule has 19 heavy (non-hydrogen) atoms. The zero-order chi connectivity index (χ0) is 14.1.